The Morgan fingerprint density at radius 1 is 1.19 bits per heavy atom. The van der Waals surface area contributed by atoms with E-state index in [-0.39, 0.29) is 11.6 Å². The summed E-state index contributed by atoms with van der Waals surface area (Å²) in [7, 11) is 3.26. The predicted molar refractivity (Wildman–Crippen MR) is 79.8 cm³/mol. The summed E-state index contributed by atoms with van der Waals surface area (Å²) in [5.74, 6) is 2.57. The van der Waals surface area contributed by atoms with Crippen molar-refractivity contribution in [2.75, 3.05) is 24.8 Å². The molecule has 0 spiro atoms. The molecule has 5 nitrogen and oxygen atoms in total. The van der Waals surface area contributed by atoms with Gasteiger partial charge >= 0.3 is 0 Å². The molecule has 3 rings (SSSR count). The number of hydrogen-bond acceptors (Lipinski definition) is 5. The van der Waals surface area contributed by atoms with Crippen LogP contribution in [0.4, 0.5) is 21.7 Å². The lowest BCUT2D eigenvalue weighted by atomic mass is 10.3. The van der Waals surface area contributed by atoms with Gasteiger partial charge in [-0.15, -0.1) is 0 Å². The van der Waals surface area contributed by atoms with Gasteiger partial charge in [-0.25, -0.2) is 14.4 Å². The molecule has 0 bridgehead atoms. The number of benzene rings is 1. The number of aromatic nitrogens is 2. The van der Waals surface area contributed by atoms with Crippen LogP contribution in [-0.4, -0.2) is 24.1 Å². The fraction of sp³-hybridized carbons (Fsp3) is 0.333. The third-order valence-electron chi connectivity index (χ3n) is 3.37. The van der Waals surface area contributed by atoms with E-state index in [4.69, 9.17) is 4.74 Å². The maximum atomic E-state index is 13.4. The van der Waals surface area contributed by atoms with E-state index in [1.807, 2.05) is 13.1 Å². The standard InChI is InChI=1S/C15H17FN4O/c1-17-13-8-14(20-15(19-13)9-3-4-9)18-10-5-6-11(16)12(7-10)21-2/h5-9H,3-4H2,1-2H3,(H2,17,18,19,20). The highest BCUT2D eigenvalue weighted by Crippen LogP contribution is 2.39. The number of hydrogen-bond donors (Lipinski definition) is 2. The minimum absolute atomic E-state index is 0.199. The molecule has 0 atom stereocenters. The lowest BCUT2D eigenvalue weighted by molar-refractivity contribution is 0.387. The monoisotopic (exact) mass is 288 g/mol. The second-order valence-corrected chi connectivity index (χ2v) is 5.00. The van der Waals surface area contributed by atoms with Gasteiger partial charge in [0.2, 0.25) is 0 Å². The number of nitrogens with one attached hydrogen (secondary N) is 2. The summed E-state index contributed by atoms with van der Waals surface area (Å²) in [5.41, 5.74) is 0.718. The molecule has 1 aliphatic rings. The van der Waals surface area contributed by atoms with Crippen LogP contribution in [0, 0.1) is 5.82 Å². The van der Waals surface area contributed by atoms with Crippen molar-refractivity contribution >= 4 is 17.3 Å². The van der Waals surface area contributed by atoms with Gasteiger partial charge < -0.3 is 15.4 Å². The Morgan fingerprint density at radius 3 is 2.62 bits per heavy atom. The smallest absolute Gasteiger partial charge is 0.165 e. The molecule has 0 amide bonds. The molecule has 110 valence electrons. The summed E-state index contributed by atoms with van der Waals surface area (Å²) in [6.07, 6.45) is 2.27. The van der Waals surface area contributed by atoms with Crippen LogP contribution in [-0.2, 0) is 0 Å². The number of anilines is 3. The summed E-state index contributed by atoms with van der Waals surface area (Å²) in [6, 6.07) is 6.44. The van der Waals surface area contributed by atoms with E-state index < -0.39 is 0 Å². The zero-order chi connectivity index (χ0) is 14.8. The first-order chi connectivity index (χ1) is 10.2. The Labute approximate surface area is 122 Å². The molecule has 0 radical (unpaired) electrons. The predicted octanol–water partition coefficient (Wildman–Crippen LogP) is 3.29. The average molecular weight is 288 g/mol. The molecule has 2 aromatic rings. The van der Waals surface area contributed by atoms with E-state index in [9.17, 15) is 4.39 Å². The fourth-order valence-corrected chi connectivity index (χ4v) is 2.07. The van der Waals surface area contributed by atoms with E-state index in [1.165, 1.54) is 13.2 Å². The van der Waals surface area contributed by atoms with Gasteiger partial charge in [0.05, 0.1) is 7.11 Å². The van der Waals surface area contributed by atoms with Crippen molar-refractivity contribution in [2.24, 2.45) is 0 Å². The van der Waals surface area contributed by atoms with Gasteiger partial charge in [0.1, 0.15) is 17.5 Å². The van der Waals surface area contributed by atoms with Gasteiger partial charge in [0.25, 0.3) is 0 Å². The van der Waals surface area contributed by atoms with Gasteiger partial charge in [-0.05, 0) is 25.0 Å². The van der Waals surface area contributed by atoms with Crippen molar-refractivity contribution in [1.29, 1.82) is 0 Å². The summed E-state index contributed by atoms with van der Waals surface area (Å²) in [5, 5.41) is 6.20. The molecule has 1 aromatic heterocycles. The van der Waals surface area contributed by atoms with E-state index in [2.05, 4.69) is 20.6 Å². The Bertz CT molecular complexity index is 658. The Morgan fingerprint density at radius 2 is 1.95 bits per heavy atom. The summed E-state index contributed by atoms with van der Waals surface area (Å²) >= 11 is 0. The molecule has 0 unspecified atom stereocenters. The van der Waals surface area contributed by atoms with Gasteiger partial charge in [-0.3, -0.25) is 0 Å². The molecule has 1 heterocycles. The molecule has 2 N–H and O–H groups in total. The minimum atomic E-state index is -0.389. The third-order valence-corrected chi connectivity index (χ3v) is 3.37. The first kappa shape index (κ1) is 13.6. The van der Waals surface area contributed by atoms with Gasteiger partial charge in [-0.2, -0.15) is 0 Å². The number of ether oxygens (including phenoxy) is 1. The van der Waals surface area contributed by atoms with Crippen LogP contribution in [0.5, 0.6) is 5.75 Å². The Balaban J connectivity index is 1.88. The van der Waals surface area contributed by atoms with Crippen molar-refractivity contribution in [2.45, 2.75) is 18.8 Å². The van der Waals surface area contributed by atoms with E-state index in [0.717, 1.165) is 30.2 Å². The van der Waals surface area contributed by atoms with Crippen molar-refractivity contribution in [1.82, 2.24) is 9.97 Å². The minimum Gasteiger partial charge on any atom is -0.494 e. The number of methoxy groups -OCH3 is 1. The molecule has 1 aromatic carbocycles. The van der Waals surface area contributed by atoms with Crippen molar-refractivity contribution in [3.8, 4) is 5.75 Å². The summed E-state index contributed by atoms with van der Waals surface area (Å²) < 4.78 is 18.4. The molecule has 0 aliphatic heterocycles. The zero-order valence-corrected chi connectivity index (χ0v) is 12.0. The number of rotatable bonds is 5. The maximum absolute atomic E-state index is 13.4. The normalized spacial score (nSPS) is 13.9. The molecule has 6 heteroatoms. The van der Waals surface area contributed by atoms with Gasteiger partial charge in [-0.1, -0.05) is 0 Å². The third kappa shape index (κ3) is 3.04. The highest BCUT2D eigenvalue weighted by atomic mass is 19.1. The molecule has 1 saturated carbocycles. The molecule has 1 fully saturated rings. The van der Waals surface area contributed by atoms with Crippen molar-refractivity contribution < 1.29 is 9.13 Å². The SMILES string of the molecule is CNc1cc(Nc2ccc(F)c(OC)c2)nc(C2CC2)n1. The van der Waals surface area contributed by atoms with E-state index >= 15 is 0 Å². The molecule has 0 saturated heterocycles. The molecule has 1 aliphatic carbocycles. The highest BCUT2D eigenvalue weighted by molar-refractivity contribution is 5.61. The van der Waals surface area contributed by atoms with Gasteiger partial charge in [0.15, 0.2) is 11.6 Å². The average Bonchev–Trinajstić information content (AvgIpc) is 3.33. The van der Waals surface area contributed by atoms with Crippen LogP contribution in [0.1, 0.15) is 24.6 Å². The fourth-order valence-electron chi connectivity index (χ4n) is 2.07. The van der Waals surface area contributed by atoms with Crippen LogP contribution < -0.4 is 15.4 Å². The van der Waals surface area contributed by atoms with Crippen LogP contribution in [0.25, 0.3) is 0 Å². The highest BCUT2D eigenvalue weighted by Gasteiger charge is 2.27. The van der Waals surface area contributed by atoms with Gasteiger partial charge in [0, 0.05) is 30.8 Å². The first-order valence-corrected chi connectivity index (χ1v) is 6.87. The second kappa shape index (κ2) is 5.55. The molecular formula is C15H17FN4O. The van der Waals surface area contributed by atoms with Crippen LogP contribution in [0.15, 0.2) is 24.3 Å². The number of nitrogens with zero attached hydrogens (tertiary/aromatic N) is 2. The van der Waals surface area contributed by atoms with Crippen LogP contribution >= 0.6 is 0 Å². The first-order valence-electron chi connectivity index (χ1n) is 6.87. The van der Waals surface area contributed by atoms with E-state index in [0.29, 0.717) is 11.7 Å². The zero-order valence-electron chi connectivity index (χ0n) is 12.0. The largest absolute Gasteiger partial charge is 0.494 e. The lowest BCUT2D eigenvalue weighted by Crippen LogP contribution is -2.03. The number of halogens is 1. The summed E-state index contributed by atoms with van der Waals surface area (Å²) in [4.78, 5) is 8.98. The topological polar surface area (TPSA) is 59.1 Å². The van der Waals surface area contributed by atoms with E-state index in [1.54, 1.807) is 12.1 Å². The maximum Gasteiger partial charge on any atom is 0.165 e. The van der Waals surface area contributed by atoms with Crippen LogP contribution in [0.2, 0.25) is 0 Å². The lowest BCUT2D eigenvalue weighted by Gasteiger charge is -2.11. The summed E-state index contributed by atoms with van der Waals surface area (Å²) in [6.45, 7) is 0. The van der Waals surface area contributed by atoms with Crippen LogP contribution in [0.3, 0.4) is 0 Å². The molecular weight excluding hydrogens is 271 g/mol. The molecule has 21 heavy (non-hydrogen) atoms. The Hall–Kier alpha value is -2.37. The Kier molecular flexibility index (Phi) is 3.60. The van der Waals surface area contributed by atoms with Crippen molar-refractivity contribution in [3.05, 3.63) is 35.9 Å². The quantitative estimate of drug-likeness (QED) is 0.884. The second-order valence-electron chi connectivity index (χ2n) is 5.00. The van der Waals surface area contributed by atoms with Crippen molar-refractivity contribution in [3.63, 3.8) is 0 Å².